The quantitative estimate of drug-likeness (QED) is 0.689. The topological polar surface area (TPSA) is 53.9 Å². The number of hydrogen-bond acceptors (Lipinski definition) is 5. The Morgan fingerprint density at radius 3 is 2.58 bits per heavy atom. The van der Waals surface area contributed by atoms with Crippen LogP contribution in [0.1, 0.15) is 5.56 Å². The van der Waals surface area contributed by atoms with Crippen LogP contribution in [0.5, 0.6) is 0 Å². The lowest BCUT2D eigenvalue weighted by Gasteiger charge is -2.22. The van der Waals surface area contributed by atoms with Gasteiger partial charge in [-0.15, -0.1) is 0 Å². The van der Waals surface area contributed by atoms with Crippen LogP contribution in [0.2, 0.25) is 5.15 Å². The zero-order valence-electron chi connectivity index (χ0n) is 13.4. The molecule has 0 aliphatic carbocycles. The predicted molar refractivity (Wildman–Crippen MR) is 98.0 cm³/mol. The Bertz CT molecular complexity index is 794. The third kappa shape index (κ3) is 4.00. The van der Waals surface area contributed by atoms with Gasteiger partial charge in [-0.1, -0.05) is 48.0 Å². The van der Waals surface area contributed by atoms with Crippen LogP contribution in [0, 0.1) is 0 Å². The van der Waals surface area contributed by atoms with Gasteiger partial charge in [0.05, 0.1) is 0 Å². The number of benzene rings is 1. The molecule has 24 heavy (non-hydrogen) atoms. The average molecular weight is 340 g/mol. The standard InChI is InChI=1S/C18H18ClN5/c1-20-16-10-12-21-18(23-16)24(17-9-5-8-15(19)22-17)13-11-14-6-3-2-4-7-14/h2-10,12H,11,13H2,1H3,(H,20,21,23). The van der Waals surface area contributed by atoms with E-state index in [4.69, 9.17) is 11.6 Å². The van der Waals surface area contributed by atoms with Crippen LogP contribution in [0.3, 0.4) is 0 Å². The molecule has 0 unspecified atom stereocenters. The molecule has 2 heterocycles. The summed E-state index contributed by atoms with van der Waals surface area (Å²) in [6.07, 6.45) is 2.58. The molecule has 5 nitrogen and oxygen atoms in total. The van der Waals surface area contributed by atoms with Crippen LogP contribution in [0.15, 0.2) is 60.8 Å². The van der Waals surface area contributed by atoms with Crippen molar-refractivity contribution in [3.63, 3.8) is 0 Å². The Morgan fingerprint density at radius 1 is 1.00 bits per heavy atom. The molecular weight excluding hydrogens is 322 g/mol. The number of halogens is 1. The Labute approximate surface area is 146 Å². The minimum absolute atomic E-state index is 0.446. The van der Waals surface area contributed by atoms with E-state index in [-0.39, 0.29) is 0 Å². The maximum Gasteiger partial charge on any atom is 0.233 e. The number of rotatable bonds is 6. The first kappa shape index (κ1) is 16.2. The Hall–Kier alpha value is -2.66. The zero-order valence-corrected chi connectivity index (χ0v) is 14.1. The van der Waals surface area contributed by atoms with Crippen molar-refractivity contribution in [2.75, 3.05) is 23.8 Å². The third-order valence-corrected chi connectivity index (χ3v) is 3.79. The van der Waals surface area contributed by atoms with Crippen LogP contribution >= 0.6 is 11.6 Å². The Kier molecular flexibility index (Phi) is 5.23. The van der Waals surface area contributed by atoms with Gasteiger partial charge in [-0.2, -0.15) is 4.98 Å². The first-order valence-electron chi connectivity index (χ1n) is 7.71. The maximum absolute atomic E-state index is 6.06. The van der Waals surface area contributed by atoms with Gasteiger partial charge in [0.2, 0.25) is 5.95 Å². The van der Waals surface area contributed by atoms with Gasteiger partial charge in [-0.05, 0) is 30.2 Å². The molecule has 122 valence electrons. The Balaban J connectivity index is 1.91. The maximum atomic E-state index is 6.06. The summed E-state index contributed by atoms with van der Waals surface area (Å²) in [6, 6.07) is 17.7. The molecule has 3 rings (SSSR count). The summed E-state index contributed by atoms with van der Waals surface area (Å²) >= 11 is 6.06. The highest BCUT2D eigenvalue weighted by Crippen LogP contribution is 2.23. The van der Waals surface area contributed by atoms with Crippen molar-refractivity contribution in [3.05, 3.63) is 71.5 Å². The minimum Gasteiger partial charge on any atom is -0.373 e. The van der Waals surface area contributed by atoms with E-state index in [1.54, 1.807) is 12.3 Å². The van der Waals surface area contributed by atoms with Crippen LogP contribution in [0.25, 0.3) is 0 Å². The second-order valence-electron chi connectivity index (χ2n) is 5.20. The van der Waals surface area contributed by atoms with E-state index >= 15 is 0 Å². The monoisotopic (exact) mass is 339 g/mol. The molecule has 0 aliphatic rings. The second kappa shape index (κ2) is 7.75. The fraction of sp³-hybridized carbons (Fsp3) is 0.167. The van der Waals surface area contributed by atoms with E-state index in [1.807, 2.05) is 48.3 Å². The van der Waals surface area contributed by atoms with Crippen LogP contribution < -0.4 is 10.2 Å². The summed E-state index contributed by atoms with van der Waals surface area (Å²) in [6.45, 7) is 0.699. The lowest BCUT2D eigenvalue weighted by Crippen LogP contribution is -2.23. The van der Waals surface area contributed by atoms with Crippen LogP contribution in [-0.2, 0) is 6.42 Å². The second-order valence-corrected chi connectivity index (χ2v) is 5.58. The molecule has 0 radical (unpaired) electrons. The van der Waals surface area contributed by atoms with E-state index in [9.17, 15) is 0 Å². The summed E-state index contributed by atoms with van der Waals surface area (Å²) in [7, 11) is 1.83. The largest absolute Gasteiger partial charge is 0.373 e. The molecular formula is C18H18ClN5. The van der Waals surface area contributed by atoms with Gasteiger partial charge < -0.3 is 5.32 Å². The number of anilines is 3. The fourth-order valence-electron chi connectivity index (χ4n) is 2.37. The van der Waals surface area contributed by atoms with E-state index in [0.717, 1.165) is 18.1 Å². The molecule has 0 amide bonds. The van der Waals surface area contributed by atoms with Crippen molar-refractivity contribution >= 4 is 29.2 Å². The Morgan fingerprint density at radius 2 is 1.83 bits per heavy atom. The highest BCUT2D eigenvalue weighted by Gasteiger charge is 2.14. The molecule has 6 heteroatoms. The first-order valence-corrected chi connectivity index (χ1v) is 8.09. The molecule has 1 N–H and O–H groups in total. The molecule has 1 aromatic carbocycles. The van der Waals surface area contributed by atoms with Gasteiger partial charge in [-0.3, -0.25) is 4.90 Å². The van der Waals surface area contributed by atoms with Gasteiger partial charge in [0.25, 0.3) is 0 Å². The van der Waals surface area contributed by atoms with Crippen molar-refractivity contribution in [2.24, 2.45) is 0 Å². The lowest BCUT2D eigenvalue weighted by molar-refractivity contribution is 0.860. The number of nitrogens with one attached hydrogen (secondary N) is 1. The fourth-order valence-corrected chi connectivity index (χ4v) is 2.53. The number of pyridine rings is 1. The number of nitrogens with zero attached hydrogens (tertiary/aromatic N) is 4. The molecule has 0 saturated carbocycles. The van der Waals surface area contributed by atoms with Crippen LogP contribution in [0.4, 0.5) is 17.6 Å². The average Bonchev–Trinajstić information content (AvgIpc) is 2.63. The van der Waals surface area contributed by atoms with Gasteiger partial charge >= 0.3 is 0 Å². The molecule has 0 spiro atoms. The summed E-state index contributed by atoms with van der Waals surface area (Å²) in [5.74, 6) is 2.07. The van der Waals surface area contributed by atoms with Crippen molar-refractivity contribution in [1.29, 1.82) is 0 Å². The number of aromatic nitrogens is 3. The van der Waals surface area contributed by atoms with Crippen molar-refractivity contribution < 1.29 is 0 Å². The minimum atomic E-state index is 0.446. The summed E-state index contributed by atoms with van der Waals surface area (Å²) < 4.78 is 0. The zero-order chi connectivity index (χ0) is 16.8. The van der Waals surface area contributed by atoms with Gasteiger partial charge in [0.15, 0.2) is 0 Å². The van der Waals surface area contributed by atoms with E-state index in [0.29, 0.717) is 17.6 Å². The molecule has 0 fully saturated rings. The van der Waals surface area contributed by atoms with E-state index in [2.05, 4.69) is 32.4 Å². The predicted octanol–water partition coefficient (Wildman–Crippen LogP) is 3.95. The van der Waals surface area contributed by atoms with Gasteiger partial charge in [0.1, 0.15) is 16.8 Å². The lowest BCUT2D eigenvalue weighted by atomic mass is 10.1. The smallest absolute Gasteiger partial charge is 0.233 e. The highest BCUT2D eigenvalue weighted by molar-refractivity contribution is 6.29. The third-order valence-electron chi connectivity index (χ3n) is 3.58. The van der Waals surface area contributed by atoms with E-state index in [1.165, 1.54) is 5.56 Å². The molecule has 3 aromatic rings. The summed E-state index contributed by atoms with van der Waals surface area (Å²) in [4.78, 5) is 15.3. The van der Waals surface area contributed by atoms with E-state index < -0.39 is 0 Å². The molecule has 0 aliphatic heterocycles. The molecule has 2 aromatic heterocycles. The SMILES string of the molecule is CNc1ccnc(N(CCc2ccccc2)c2cccc(Cl)n2)n1. The van der Waals surface area contributed by atoms with Crippen molar-refractivity contribution in [1.82, 2.24) is 15.0 Å². The highest BCUT2D eigenvalue weighted by atomic mass is 35.5. The summed E-state index contributed by atoms with van der Waals surface area (Å²) in [5, 5.41) is 3.48. The normalized spacial score (nSPS) is 10.4. The number of hydrogen-bond donors (Lipinski definition) is 1. The van der Waals surface area contributed by atoms with Gasteiger partial charge in [-0.25, -0.2) is 9.97 Å². The van der Waals surface area contributed by atoms with Gasteiger partial charge in [0, 0.05) is 19.8 Å². The first-order chi connectivity index (χ1) is 11.8. The molecule has 0 bridgehead atoms. The molecule has 0 atom stereocenters. The van der Waals surface area contributed by atoms with Crippen LogP contribution in [-0.4, -0.2) is 28.5 Å². The van der Waals surface area contributed by atoms with Crippen molar-refractivity contribution in [3.8, 4) is 0 Å². The molecule has 0 saturated heterocycles. The summed E-state index contributed by atoms with van der Waals surface area (Å²) in [5.41, 5.74) is 1.24. The van der Waals surface area contributed by atoms with Crippen molar-refractivity contribution in [2.45, 2.75) is 6.42 Å².